The average molecular weight is 430 g/mol. The molecule has 0 fully saturated rings. The monoisotopic (exact) mass is 430 g/mol. The van der Waals surface area contributed by atoms with Crippen LogP contribution in [0.25, 0.3) is 22.2 Å². The van der Waals surface area contributed by atoms with Gasteiger partial charge in [-0.25, -0.2) is 9.97 Å². The van der Waals surface area contributed by atoms with Crippen LogP contribution < -0.4 is 20.5 Å². The largest absolute Gasteiger partial charge is 0.493 e. The zero-order valence-electron chi connectivity index (χ0n) is 17.7. The molecule has 0 aliphatic heterocycles. The molecule has 2 heterocycles. The van der Waals surface area contributed by atoms with E-state index in [-0.39, 0.29) is 17.3 Å². The zero-order chi connectivity index (χ0) is 22.7. The Bertz CT molecular complexity index is 1360. The van der Waals surface area contributed by atoms with E-state index in [0.29, 0.717) is 40.2 Å². The van der Waals surface area contributed by atoms with Gasteiger partial charge in [0.05, 0.1) is 31.5 Å². The SMILES string of the molecule is C=CCNC(=O)c1c(N)n(N=Cc2ccc(OC)c(OC)c2)c2nc3ccccc3nc12. The number of carbonyl (C=O) groups is 1. The first-order chi connectivity index (χ1) is 15.6. The number of hydrogen-bond acceptors (Lipinski definition) is 7. The maximum Gasteiger partial charge on any atom is 0.257 e. The van der Waals surface area contributed by atoms with E-state index in [1.165, 1.54) is 4.68 Å². The summed E-state index contributed by atoms with van der Waals surface area (Å²) in [5, 5.41) is 7.24. The van der Waals surface area contributed by atoms with Crippen molar-refractivity contribution in [3.63, 3.8) is 0 Å². The van der Waals surface area contributed by atoms with Crippen LogP contribution in [0.5, 0.6) is 11.5 Å². The Balaban J connectivity index is 1.87. The number of methoxy groups -OCH3 is 2. The first kappa shape index (κ1) is 20.9. The molecule has 4 rings (SSSR count). The van der Waals surface area contributed by atoms with Crippen molar-refractivity contribution < 1.29 is 14.3 Å². The summed E-state index contributed by atoms with van der Waals surface area (Å²) in [6, 6.07) is 12.8. The first-order valence-electron chi connectivity index (χ1n) is 9.79. The minimum Gasteiger partial charge on any atom is -0.493 e. The molecule has 0 saturated heterocycles. The van der Waals surface area contributed by atoms with Crippen molar-refractivity contribution >= 4 is 40.1 Å². The summed E-state index contributed by atoms with van der Waals surface area (Å²) in [4.78, 5) is 22.1. The van der Waals surface area contributed by atoms with Gasteiger partial charge in [-0.05, 0) is 35.9 Å². The van der Waals surface area contributed by atoms with Crippen molar-refractivity contribution in [3.8, 4) is 11.5 Å². The van der Waals surface area contributed by atoms with Crippen LogP contribution in [0.1, 0.15) is 15.9 Å². The molecule has 0 aliphatic rings. The van der Waals surface area contributed by atoms with Gasteiger partial charge in [0, 0.05) is 6.54 Å². The molecule has 0 aliphatic carbocycles. The van der Waals surface area contributed by atoms with Gasteiger partial charge < -0.3 is 20.5 Å². The minimum atomic E-state index is -0.378. The van der Waals surface area contributed by atoms with E-state index in [0.717, 1.165) is 5.56 Å². The van der Waals surface area contributed by atoms with E-state index in [1.54, 1.807) is 38.6 Å². The predicted molar refractivity (Wildman–Crippen MR) is 125 cm³/mol. The van der Waals surface area contributed by atoms with Crippen molar-refractivity contribution in [1.29, 1.82) is 0 Å². The van der Waals surface area contributed by atoms with Crippen LogP contribution in [0, 0.1) is 0 Å². The van der Waals surface area contributed by atoms with Crippen LogP contribution in [0.15, 0.2) is 60.2 Å². The number of benzene rings is 2. The molecule has 1 amide bonds. The fourth-order valence-corrected chi connectivity index (χ4v) is 3.30. The molecular weight excluding hydrogens is 408 g/mol. The van der Waals surface area contributed by atoms with Gasteiger partial charge in [0.2, 0.25) is 0 Å². The summed E-state index contributed by atoms with van der Waals surface area (Å²) in [6.45, 7) is 3.92. The number of carbonyl (C=O) groups excluding carboxylic acids is 1. The normalized spacial score (nSPS) is 11.2. The Morgan fingerprint density at radius 1 is 1.16 bits per heavy atom. The van der Waals surface area contributed by atoms with Crippen LogP contribution in [0.2, 0.25) is 0 Å². The lowest BCUT2D eigenvalue weighted by Crippen LogP contribution is -2.24. The molecule has 0 unspecified atom stereocenters. The number of anilines is 1. The third-order valence-corrected chi connectivity index (χ3v) is 4.84. The third kappa shape index (κ3) is 3.71. The van der Waals surface area contributed by atoms with Gasteiger partial charge in [-0.1, -0.05) is 18.2 Å². The van der Waals surface area contributed by atoms with E-state index < -0.39 is 0 Å². The summed E-state index contributed by atoms with van der Waals surface area (Å²) in [6.07, 6.45) is 3.18. The summed E-state index contributed by atoms with van der Waals surface area (Å²) >= 11 is 0. The molecule has 9 nitrogen and oxygen atoms in total. The number of fused-ring (bicyclic) bond motifs is 2. The Morgan fingerprint density at radius 2 is 1.88 bits per heavy atom. The van der Waals surface area contributed by atoms with Gasteiger partial charge in [-0.3, -0.25) is 4.79 Å². The molecule has 0 spiro atoms. The number of nitrogens with one attached hydrogen (secondary N) is 1. The van der Waals surface area contributed by atoms with Gasteiger partial charge in [0.15, 0.2) is 17.1 Å². The van der Waals surface area contributed by atoms with Gasteiger partial charge in [-0.2, -0.15) is 9.78 Å². The highest BCUT2D eigenvalue weighted by molar-refractivity contribution is 6.10. The van der Waals surface area contributed by atoms with Gasteiger partial charge in [0.1, 0.15) is 16.9 Å². The fraction of sp³-hybridized carbons (Fsp3) is 0.130. The Hall–Kier alpha value is -4.40. The molecule has 9 heteroatoms. The lowest BCUT2D eigenvalue weighted by Gasteiger charge is -2.07. The van der Waals surface area contributed by atoms with E-state index in [2.05, 4.69) is 27.0 Å². The quantitative estimate of drug-likeness (QED) is 0.344. The van der Waals surface area contributed by atoms with Crippen molar-refractivity contribution in [2.45, 2.75) is 0 Å². The Morgan fingerprint density at radius 3 is 2.56 bits per heavy atom. The van der Waals surface area contributed by atoms with E-state index >= 15 is 0 Å². The lowest BCUT2D eigenvalue weighted by molar-refractivity contribution is 0.0960. The molecule has 2 aromatic heterocycles. The fourth-order valence-electron chi connectivity index (χ4n) is 3.30. The second-order valence-corrected chi connectivity index (χ2v) is 6.81. The van der Waals surface area contributed by atoms with Crippen LogP contribution in [0.3, 0.4) is 0 Å². The molecule has 0 radical (unpaired) electrons. The number of rotatable bonds is 7. The maximum atomic E-state index is 12.8. The average Bonchev–Trinajstić information content (AvgIpc) is 3.09. The topological polar surface area (TPSA) is 117 Å². The molecule has 0 atom stereocenters. The molecule has 32 heavy (non-hydrogen) atoms. The van der Waals surface area contributed by atoms with Gasteiger partial charge >= 0.3 is 0 Å². The Kier molecular flexibility index (Phi) is 5.71. The van der Waals surface area contributed by atoms with Crippen molar-refractivity contribution in [2.75, 3.05) is 26.5 Å². The van der Waals surface area contributed by atoms with Gasteiger partial charge in [-0.15, -0.1) is 6.58 Å². The summed E-state index contributed by atoms with van der Waals surface area (Å²) in [5.41, 5.74) is 9.37. The lowest BCUT2D eigenvalue weighted by atomic mass is 10.2. The number of nitrogens with zero attached hydrogens (tertiary/aromatic N) is 4. The molecule has 0 saturated carbocycles. The summed E-state index contributed by atoms with van der Waals surface area (Å²) < 4.78 is 12.0. The Labute approximate surface area is 184 Å². The number of nitrogens with two attached hydrogens (primary N) is 1. The van der Waals surface area contributed by atoms with Crippen molar-refractivity contribution in [1.82, 2.24) is 20.0 Å². The number of amides is 1. The van der Waals surface area contributed by atoms with Gasteiger partial charge in [0.25, 0.3) is 5.91 Å². The highest BCUT2D eigenvalue weighted by Crippen LogP contribution is 2.29. The molecule has 3 N–H and O–H groups in total. The molecule has 162 valence electrons. The van der Waals surface area contributed by atoms with Crippen molar-refractivity contribution in [2.24, 2.45) is 5.10 Å². The van der Waals surface area contributed by atoms with Crippen LogP contribution >= 0.6 is 0 Å². The van der Waals surface area contributed by atoms with E-state index in [1.807, 2.05) is 30.3 Å². The van der Waals surface area contributed by atoms with Crippen molar-refractivity contribution in [3.05, 3.63) is 66.2 Å². The van der Waals surface area contributed by atoms with E-state index in [9.17, 15) is 4.79 Å². The highest BCUT2D eigenvalue weighted by Gasteiger charge is 2.23. The number of nitrogen functional groups attached to an aromatic ring is 1. The maximum absolute atomic E-state index is 12.8. The smallest absolute Gasteiger partial charge is 0.257 e. The molecule has 4 aromatic rings. The first-order valence-corrected chi connectivity index (χ1v) is 9.79. The minimum absolute atomic E-state index is 0.133. The van der Waals surface area contributed by atoms with Crippen LogP contribution in [0.4, 0.5) is 5.82 Å². The summed E-state index contributed by atoms with van der Waals surface area (Å²) in [5.74, 6) is 0.928. The molecular formula is C23H22N6O3. The second-order valence-electron chi connectivity index (χ2n) is 6.81. The molecule has 0 bridgehead atoms. The van der Waals surface area contributed by atoms with Crippen LogP contribution in [-0.2, 0) is 0 Å². The number of aromatic nitrogens is 3. The zero-order valence-corrected chi connectivity index (χ0v) is 17.7. The molecule has 2 aromatic carbocycles. The number of ether oxygens (including phenoxy) is 2. The number of para-hydroxylation sites is 2. The predicted octanol–water partition coefficient (Wildman–Crippen LogP) is 2.98. The second kappa shape index (κ2) is 8.76. The van der Waals surface area contributed by atoms with Crippen LogP contribution in [-0.4, -0.2) is 47.5 Å². The highest BCUT2D eigenvalue weighted by atomic mass is 16.5. The third-order valence-electron chi connectivity index (χ3n) is 4.84. The number of hydrogen-bond donors (Lipinski definition) is 2. The van der Waals surface area contributed by atoms with E-state index in [4.69, 9.17) is 15.2 Å². The summed E-state index contributed by atoms with van der Waals surface area (Å²) in [7, 11) is 3.13. The standard InChI is InChI=1S/C23H22N6O3/c1-4-11-25-23(30)19-20-22(28-16-8-6-5-7-15(16)27-20)29(21(19)24)26-13-14-9-10-17(31-2)18(12-14)32-3/h4-10,12-13H,1,11,24H2,2-3H3,(H,25,30).